The van der Waals surface area contributed by atoms with Crippen LogP contribution in [0, 0.1) is 0 Å². The zero-order valence-electron chi connectivity index (χ0n) is 18.4. The van der Waals surface area contributed by atoms with Crippen molar-refractivity contribution in [3.05, 3.63) is 125 Å². The molecule has 1 aliphatic heterocycles. The highest BCUT2D eigenvalue weighted by atomic mass is 16.6. The number of hydrogen-bond donors (Lipinski definition) is 0. The summed E-state index contributed by atoms with van der Waals surface area (Å²) in [7, 11) is 2.84. The van der Waals surface area contributed by atoms with Crippen LogP contribution in [0.1, 0.15) is 28.5 Å². The van der Waals surface area contributed by atoms with E-state index in [1.807, 2.05) is 91.0 Å². The average Bonchev–Trinajstić information content (AvgIpc) is 3.17. The molecule has 2 atom stereocenters. The molecule has 5 nitrogen and oxygen atoms in total. The number of esters is 2. The minimum absolute atomic E-state index is 0.283. The van der Waals surface area contributed by atoms with Crippen molar-refractivity contribution < 1.29 is 23.8 Å². The van der Waals surface area contributed by atoms with E-state index in [4.69, 9.17) is 14.2 Å². The van der Waals surface area contributed by atoms with Gasteiger partial charge in [-0.1, -0.05) is 91.0 Å². The van der Waals surface area contributed by atoms with E-state index in [-0.39, 0.29) is 5.57 Å². The molecule has 0 aromatic heterocycles. The first-order valence-corrected chi connectivity index (χ1v) is 10.6. The standard InChI is InChI=1S/C28H24O5/c1-31-26-22(18-19-12-6-3-7-13-19)33-28(30)25(26)23(20-14-8-4-9-15-20)24(27(29)32-2)21-16-10-5-11-17-21/h3-18,23-24H,1-2H3/b22-18+/t23-,24+/m0/s1. The van der Waals surface area contributed by atoms with Crippen LogP contribution >= 0.6 is 0 Å². The van der Waals surface area contributed by atoms with E-state index in [1.54, 1.807) is 6.08 Å². The van der Waals surface area contributed by atoms with Crippen molar-refractivity contribution in [3.63, 3.8) is 0 Å². The van der Waals surface area contributed by atoms with E-state index < -0.39 is 23.8 Å². The lowest BCUT2D eigenvalue weighted by molar-refractivity contribution is -0.143. The van der Waals surface area contributed by atoms with Crippen molar-refractivity contribution in [2.24, 2.45) is 0 Å². The molecular weight excluding hydrogens is 416 g/mol. The summed E-state index contributed by atoms with van der Waals surface area (Å²) in [5.74, 6) is -1.84. The second kappa shape index (κ2) is 10.0. The molecule has 0 amide bonds. The summed E-state index contributed by atoms with van der Waals surface area (Å²) in [6, 6.07) is 28.2. The number of benzene rings is 3. The Balaban J connectivity index is 1.93. The summed E-state index contributed by atoms with van der Waals surface area (Å²) in [5.41, 5.74) is 2.65. The fourth-order valence-electron chi connectivity index (χ4n) is 4.14. The monoisotopic (exact) mass is 440 g/mol. The number of hydrogen-bond acceptors (Lipinski definition) is 5. The maximum atomic E-state index is 13.3. The number of carbonyl (C=O) groups is 2. The van der Waals surface area contributed by atoms with Gasteiger partial charge in [0.05, 0.1) is 25.7 Å². The van der Waals surface area contributed by atoms with E-state index in [2.05, 4.69) is 0 Å². The van der Waals surface area contributed by atoms with Crippen LogP contribution in [0.4, 0.5) is 0 Å². The Kier molecular flexibility index (Phi) is 6.69. The van der Waals surface area contributed by atoms with Crippen LogP contribution in [0.3, 0.4) is 0 Å². The topological polar surface area (TPSA) is 61.8 Å². The van der Waals surface area contributed by atoms with E-state index in [0.29, 0.717) is 11.5 Å². The van der Waals surface area contributed by atoms with Gasteiger partial charge in [0.2, 0.25) is 0 Å². The molecule has 0 saturated carbocycles. The molecule has 5 heteroatoms. The lowest BCUT2D eigenvalue weighted by Crippen LogP contribution is -2.26. The van der Waals surface area contributed by atoms with E-state index >= 15 is 0 Å². The second-order valence-electron chi connectivity index (χ2n) is 7.56. The number of methoxy groups -OCH3 is 2. The van der Waals surface area contributed by atoms with Gasteiger partial charge in [-0.25, -0.2) is 4.79 Å². The van der Waals surface area contributed by atoms with E-state index in [0.717, 1.165) is 16.7 Å². The molecule has 0 unspecified atom stereocenters. The molecule has 3 aromatic rings. The first-order valence-electron chi connectivity index (χ1n) is 10.6. The third kappa shape index (κ3) is 4.58. The Morgan fingerprint density at radius 3 is 1.91 bits per heavy atom. The van der Waals surface area contributed by atoms with Crippen LogP contribution in [0.25, 0.3) is 6.08 Å². The summed E-state index contributed by atoms with van der Waals surface area (Å²) in [5, 5.41) is 0. The van der Waals surface area contributed by atoms with Crippen LogP contribution in [0.2, 0.25) is 0 Å². The number of cyclic esters (lactones) is 1. The highest BCUT2D eigenvalue weighted by molar-refractivity contribution is 5.98. The molecule has 0 N–H and O–H groups in total. The maximum absolute atomic E-state index is 13.3. The summed E-state index contributed by atoms with van der Waals surface area (Å²) < 4.78 is 16.5. The van der Waals surface area contributed by atoms with E-state index in [9.17, 15) is 9.59 Å². The normalized spacial score (nSPS) is 16.3. The third-order valence-corrected chi connectivity index (χ3v) is 5.61. The van der Waals surface area contributed by atoms with Crippen molar-refractivity contribution >= 4 is 18.0 Å². The van der Waals surface area contributed by atoms with Crippen LogP contribution in [-0.4, -0.2) is 26.2 Å². The van der Waals surface area contributed by atoms with E-state index in [1.165, 1.54) is 14.2 Å². The quantitative estimate of drug-likeness (QED) is 0.471. The van der Waals surface area contributed by atoms with Crippen molar-refractivity contribution in [1.82, 2.24) is 0 Å². The highest BCUT2D eigenvalue weighted by Gasteiger charge is 2.44. The minimum Gasteiger partial charge on any atom is -0.492 e. The third-order valence-electron chi connectivity index (χ3n) is 5.61. The molecule has 3 aromatic carbocycles. The molecule has 0 radical (unpaired) electrons. The van der Waals surface area contributed by atoms with Crippen molar-refractivity contribution in [2.75, 3.05) is 14.2 Å². The Bertz CT molecular complexity index is 1180. The van der Waals surface area contributed by atoms with Gasteiger partial charge in [0.25, 0.3) is 0 Å². The maximum Gasteiger partial charge on any atom is 0.344 e. The van der Waals surface area contributed by atoms with Gasteiger partial charge in [-0.3, -0.25) is 4.79 Å². The summed E-state index contributed by atoms with van der Waals surface area (Å²) >= 11 is 0. The van der Waals surface area contributed by atoms with Crippen LogP contribution in [0.5, 0.6) is 0 Å². The number of carbonyl (C=O) groups excluding carboxylic acids is 2. The SMILES string of the molecule is COC(=O)[C@H](c1ccccc1)[C@@H](C1=C(OC)/C(=C\c2ccccc2)OC1=O)c1ccccc1. The molecular formula is C28H24O5. The Morgan fingerprint density at radius 2 is 1.36 bits per heavy atom. The Hall–Kier alpha value is -4.12. The summed E-state index contributed by atoms with van der Waals surface area (Å²) in [6.07, 6.45) is 1.75. The lowest BCUT2D eigenvalue weighted by Gasteiger charge is -2.26. The largest absolute Gasteiger partial charge is 0.492 e. The first kappa shape index (κ1) is 22.1. The molecule has 166 valence electrons. The minimum atomic E-state index is -0.776. The molecule has 1 aliphatic rings. The van der Waals surface area contributed by atoms with Crippen molar-refractivity contribution in [1.29, 1.82) is 0 Å². The predicted octanol–water partition coefficient (Wildman–Crippen LogP) is 5.23. The molecule has 0 fully saturated rings. The van der Waals surface area contributed by atoms with Crippen molar-refractivity contribution in [2.45, 2.75) is 11.8 Å². The lowest BCUT2D eigenvalue weighted by atomic mass is 9.76. The fraction of sp³-hybridized carbons (Fsp3) is 0.143. The Morgan fingerprint density at radius 1 is 0.818 bits per heavy atom. The highest BCUT2D eigenvalue weighted by Crippen LogP contribution is 2.45. The number of ether oxygens (including phenoxy) is 3. The van der Waals surface area contributed by atoms with Gasteiger partial charge in [-0.2, -0.15) is 0 Å². The van der Waals surface area contributed by atoms with Crippen molar-refractivity contribution in [3.8, 4) is 0 Å². The molecule has 0 saturated heterocycles. The van der Waals surface area contributed by atoms with Crippen LogP contribution in [0.15, 0.2) is 108 Å². The molecule has 1 heterocycles. The van der Waals surface area contributed by atoms with Gasteiger partial charge >= 0.3 is 11.9 Å². The zero-order chi connectivity index (χ0) is 23.2. The zero-order valence-corrected chi connectivity index (χ0v) is 18.4. The smallest absolute Gasteiger partial charge is 0.344 e. The first-order chi connectivity index (χ1) is 16.1. The van der Waals surface area contributed by atoms with Crippen LogP contribution < -0.4 is 0 Å². The predicted molar refractivity (Wildman–Crippen MR) is 125 cm³/mol. The molecule has 0 spiro atoms. The molecule has 33 heavy (non-hydrogen) atoms. The Labute approximate surface area is 192 Å². The molecule has 0 aliphatic carbocycles. The van der Waals surface area contributed by atoms with Gasteiger partial charge in [0, 0.05) is 5.92 Å². The van der Waals surface area contributed by atoms with Gasteiger partial charge < -0.3 is 14.2 Å². The van der Waals surface area contributed by atoms with Crippen LogP contribution in [-0.2, 0) is 23.8 Å². The fourth-order valence-corrected chi connectivity index (χ4v) is 4.14. The van der Waals surface area contributed by atoms with Gasteiger partial charge in [-0.05, 0) is 22.8 Å². The average molecular weight is 440 g/mol. The summed E-state index contributed by atoms with van der Waals surface area (Å²) in [4.78, 5) is 26.4. The number of rotatable bonds is 7. The summed E-state index contributed by atoms with van der Waals surface area (Å²) in [6.45, 7) is 0. The second-order valence-corrected chi connectivity index (χ2v) is 7.56. The molecule has 0 bridgehead atoms. The van der Waals surface area contributed by atoms with Gasteiger partial charge in [0.1, 0.15) is 0 Å². The molecule has 4 rings (SSSR count). The van der Waals surface area contributed by atoms with Gasteiger partial charge in [0.15, 0.2) is 11.5 Å². The van der Waals surface area contributed by atoms with Gasteiger partial charge in [-0.15, -0.1) is 0 Å².